The van der Waals surface area contributed by atoms with Gasteiger partial charge in [0.25, 0.3) is 5.91 Å². The van der Waals surface area contributed by atoms with Crippen molar-refractivity contribution in [2.75, 3.05) is 29.9 Å². The van der Waals surface area contributed by atoms with Crippen LogP contribution >= 0.6 is 0 Å². The summed E-state index contributed by atoms with van der Waals surface area (Å²) in [4.78, 5) is 29.0. The molecule has 0 aliphatic carbocycles. The molecule has 0 unspecified atom stereocenters. The minimum atomic E-state index is -0.169. The second kappa shape index (κ2) is 7.53. The second-order valence-corrected chi connectivity index (χ2v) is 7.64. The Morgan fingerprint density at radius 2 is 1.93 bits per heavy atom. The zero-order chi connectivity index (χ0) is 18.8. The molecule has 2 aliphatic heterocycles. The molecule has 1 atom stereocenters. The van der Waals surface area contributed by atoms with Crippen LogP contribution in [-0.4, -0.2) is 36.3 Å². The van der Waals surface area contributed by atoms with Crippen LogP contribution in [-0.2, 0) is 11.3 Å². The number of rotatable bonds is 3. The summed E-state index contributed by atoms with van der Waals surface area (Å²) in [6, 6.07) is 15.2. The lowest BCUT2D eigenvalue weighted by Gasteiger charge is -2.31. The maximum Gasteiger partial charge on any atom is 0.258 e. The molecule has 4 rings (SSSR count). The summed E-state index contributed by atoms with van der Waals surface area (Å²) in [5.74, 6) is 0.443. The number of piperidine rings is 1. The zero-order valence-corrected chi connectivity index (χ0v) is 15.6. The lowest BCUT2D eigenvalue weighted by atomic mass is 9.99. The average molecular weight is 363 g/mol. The Morgan fingerprint density at radius 1 is 1.15 bits per heavy atom. The highest BCUT2D eigenvalue weighted by atomic mass is 16.2. The molecule has 5 nitrogen and oxygen atoms in total. The lowest BCUT2D eigenvalue weighted by molar-refractivity contribution is -0.115. The van der Waals surface area contributed by atoms with E-state index in [4.69, 9.17) is 0 Å². The molecular formula is C22H25N3O2. The van der Waals surface area contributed by atoms with E-state index < -0.39 is 0 Å². The van der Waals surface area contributed by atoms with Gasteiger partial charge in [0.15, 0.2) is 0 Å². The molecule has 1 N–H and O–H groups in total. The third-order valence-electron chi connectivity index (χ3n) is 5.36. The average Bonchev–Trinajstić information content (AvgIpc) is 2.67. The number of carbonyl (C=O) groups is 2. The van der Waals surface area contributed by atoms with Crippen LogP contribution in [0, 0.1) is 5.92 Å². The molecule has 1 saturated heterocycles. The summed E-state index contributed by atoms with van der Waals surface area (Å²) in [7, 11) is 0. The molecule has 0 bridgehead atoms. The SMILES string of the molecule is C[C@@H]1CCCN(Cc2ccc(C(=O)N3CC(=O)Nc4ccccc43)cc2)C1. The first kappa shape index (κ1) is 17.7. The third kappa shape index (κ3) is 3.88. The van der Waals surface area contributed by atoms with E-state index in [1.165, 1.54) is 18.4 Å². The fourth-order valence-corrected chi connectivity index (χ4v) is 4.01. The van der Waals surface area contributed by atoms with Crippen LogP contribution in [0.4, 0.5) is 11.4 Å². The first-order valence-electron chi connectivity index (χ1n) is 9.62. The predicted octanol–water partition coefficient (Wildman–Crippen LogP) is 3.52. The molecular weight excluding hydrogens is 338 g/mol. The van der Waals surface area contributed by atoms with E-state index in [0.29, 0.717) is 11.3 Å². The number of carbonyl (C=O) groups excluding carboxylic acids is 2. The number of amides is 2. The number of benzene rings is 2. The largest absolute Gasteiger partial charge is 0.323 e. The molecule has 1 fully saturated rings. The van der Waals surface area contributed by atoms with E-state index in [2.05, 4.69) is 17.1 Å². The lowest BCUT2D eigenvalue weighted by Crippen LogP contribution is -2.42. The minimum Gasteiger partial charge on any atom is -0.323 e. The van der Waals surface area contributed by atoms with Gasteiger partial charge >= 0.3 is 0 Å². The van der Waals surface area contributed by atoms with Crippen LogP contribution in [0.2, 0.25) is 0 Å². The van der Waals surface area contributed by atoms with Gasteiger partial charge in [-0.1, -0.05) is 31.2 Å². The van der Waals surface area contributed by atoms with E-state index in [1.54, 1.807) is 4.90 Å². The van der Waals surface area contributed by atoms with Crippen molar-refractivity contribution in [2.24, 2.45) is 5.92 Å². The second-order valence-electron chi connectivity index (χ2n) is 7.64. The summed E-state index contributed by atoms with van der Waals surface area (Å²) in [5, 5.41) is 2.82. The van der Waals surface area contributed by atoms with E-state index in [-0.39, 0.29) is 18.4 Å². The Kier molecular flexibility index (Phi) is 4.94. The normalized spacial score (nSPS) is 20.1. The molecule has 27 heavy (non-hydrogen) atoms. The number of hydrogen-bond donors (Lipinski definition) is 1. The van der Waals surface area contributed by atoms with E-state index in [0.717, 1.165) is 31.2 Å². The molecule has 5 heteroatoms. The van der Waals surface area contributed by atoms with Gasteiger partial charge in [-0.25, -0.2) is 0 Å². The van der Waals surface area contributed by atoms with Gasteiger partial charge in [-0.2, -0.15) is 0 Å². The summed E-state index contributed by atoms with van der Waals surface area (Å²) in [6.45, 7) is 5.56. The number of hydrogen-bond acceptors (Lipinski definition) is 3. The maximum atomic E-state index is 13.0. The topological polar surface area (TPSA) is 52.7 Å². The van der Waals surface area contributed by atoms with Gasteiger partial charge in [-0.05, 0) is 55.1 Å². The number of fused-ring (bicyclic) bond motifs is 1. The molecule has 2 aromatic carbocycles. The van der Waals surface area contributed by atoms with Crippen LogP contribution < -0.4 is 10.2 Å². The Bertz CT molecular complexity index is 847. The summed E-state index contributed by atoms with van der Waals surface area (Å²) in [6.07, 6.45) is 2.57. The summed E-state index contributed by atoms with van der Waals surface area (Å²) < 4.78 is 0. The molecule has 140 valence electrons. The number of nitrogens with one attached hydrogen (secondary N) is 1. The van der Waals surface area contributed by atoms with Crippen molar-refractivity contribution >= 4 is 23.2 Å². The molecule has 2 aliphatic rings. The van der Waals surface area contributed by atoms with Gasteiger partial charge in [0.1, 0.15) is 6.54 Å². The molecule has 0 spiro atoms. The highest BCUT2D eigenvalue weighted by molar-refractivity contribution is 6.15. The van der Waals surface area contributed by atoms with Gasteiger partial charge < -0.3 is 5.32 Å². The highest BCUT2D eigenvalue weighted by Crippen LogP contribution is 2.30. The molecule has 2 aromatic rings. The predicted molar refractivity (Wildman–Crippen MR) is 107 cm³/mol. The number of likely N-dealkylation sites (tertiary alicyclic amines) is 1. The first-order chi connectivity index (χ1) is 13.1. The summed E-state index contributed by atoms with van der Waals surface area (Å²) in [5.41, 5.74) is 3.25. The number of anilines is 2. The minimum absolute atomic E-state index is 0.0449. The number of para-hydroxylation sites is 2. The fourth-order valence-electron chi connectivity index (χ4n) is 4.01. The van der Waals surface area contributed by atoms with Crippen LogP contribution in [0.3, 0.4) is 0 Å². The van der Waals surface area contributed by atoms with Crippen LogP contribution in [0.1, 0.15) is 35.7 Å². The Morgan fingerprint density at radius 3 is 2.70 bits per heavy atom. The summed E-state index contributed by atoms with van der Waals surface area (Å²) >= 11 is 0. The van der Waals surface area contributed by atoms with Crippen molar-refractivity contribution in [1.82, 2.24) is 4.90 Å². The van der Waals surface area contributed by atoms with Crippen molar-refractivity contribution in [3.8, 4) is 0 Å². The van der Waals surface area contributed by atoms with Crippen molar-refractivity contribution in [3.05, 3.63) is 59.7 Å². The monoisotopic (exact) mass is 363 g/mol. The molecule has 0 radical (unpaired) electrons. The Hall–Kier alpha value is -2.66. The van der Waals surface area contributed by atoms with Gasteiger partial charge in [0.2, 0.25) is 5.91 Å². The van der Waals surface area contributed by atoms with Crippen LogP contribution in [0.25, 0.3) is 0 Å². The molecule has 2 amide bonds. The fraction of sp³-hybridized carbons (Fsp3) is 0.364. The van der Waals surface area contributed by atoms with Gasteiger partial charge in [-0.15, -0.1) is 0 Å². The van der Waals surface area contributed by atoms with Gasteiger partial charge in [0, 0.05) is 18.7 Å². The van der Waals surface area contributed by atoms with E-state index >= 15 is 0 Å². The maximum absolute atomic E-state index is 13.0. The standard InChI is InChI=1S/C22H25N3O2/c1-16-5-4-12-24(13-16)14-17-8-10-18(11-9-17)22(27)25-15-21(26)23-19-6-2-3-7-20(19)25/h2-3,6-11,16H,4-5,12-15H2,1H3,(H,23,26)/t16-/m1/s1. The first-order valence-corrected chi connectivity index (χ1v) is 9.62. The Balaban J connectivity index is 1.49. The van der Waals surface area contributed by atoms with Crippen molar-refractivity contribution in [3.63, 3.8) is 0 Å². The van der Waals surface area contributed by atoms with Crippen molar-refractivity contribution in [2.45, 2.75) is 26.3 Å². The van der Waals surface area contributed by atoms with Gasteiger partial charge in [-0.3, -0.25) is 19.4 Å². The zero-order valence-electron chi connectivity index (χ0n) is 15.6. The third-order valence-corrected chi connectivity index (χ3v) is 5.36. The molecule has 0 aromatic heterocycles. The van der Waals surface area contributed by atoms with Crippen LogP contribution in [0.15, 0.2) is 48.5 Å². The quantitative estimate of drug-likeness (QED) is 0.908. The highest BCUT2D eigenvalue weighted by Gasteiger charge is 2.27. The molecule has 0 saturated carbocycles. The number of nitrogens with zero attached hydrogens (tertiary/aromatic N) is 2. The van der Waals surface area contributed by atoms with Crippen LogP contribution in [0.5, 0.6) is 0 Å². The Labute approximate surface area is 160 Å². The van der Waals surface area contributed by atoms with Crippen molar-refractivity contribution in [1.29, 1.82) is 0 Å². The van der Waals surface area contributed by atoms with Gasteiger partial charge in [0.05, 0.1) is 11.4 Å². The van der Waals surface area contributed by atoms with E-state index in [9.17, 15) is 9.59 Å². The molecule has 2 heterocycles. The smallest absolute Gasteiger partial charge is 0.258 e. The van der Waals surface area contributed by atoms with Crippen molar-refractivity contribution < 1.29 is 9.59 Å². The van der Waals surface area contributed by atoms with E-state index in [1.807, 2.05) is 48.5 Å².